The Morgan fingerprint density at radius 3 is 2.53 bits per heavy atom. The van der Waals surface area contributed by atoms with Gasteiger partial charge in [-0.1, -0.05) is 0 Å². The summed E-state index contributed by atoms with van der Waals surface area (Å²) >= 11 is 0. The first-order valence-corrected chi connectivity index (χ1v) is 9.52. The highest BCUT2D eigenvalue weighted by Crippen LogP contribution is 2.37. The van der Waals surface area contributed by atoms with Crippen LogP contribution in [-0.4, -0.2) is 28.1 Å². The molecule has 0 bridgehead atoms. The molecule has 1 N–H and O–H groups in total. The second-order valence-corrected chi connectivity index (χ2v) is 7.05. The maximum atomic E-state index is 14.5. The van der Waals surface area contributed by atoms with Crippen LogP contribution in [0.5, 0.6) is 5.75 Å². The SMILES string of the molecule is CNc1nc(-c2cccnc2)nc2c(OC(C)C)cc(-c3cc(F)ccc3F)cc12. The highest BCUT2D eigenvalue weighted by Gasteiger charge is 2.18. The molecule has 0 saturated carbocycles. The summed E-state index contributed by atoms with van der Waals surface area (Å²) in [6.07, 6.45) is 3.21. The van der Waals surface area contributed by atoms with Gasteiger partial charge in [-0.25, -0.2) is 18.7 Å². The molecule has 0 aliphatic carbocycles. The Hall–Kier alpha value is -3.61. The number of hydrogen-bond acceptors (Lipinski definition) is 5. The van der Waals surface area contributed by atoms with Crippen LogP contribution in [0.4, 0.5) is 14.6 Å². The standard InChI is InChI=1S/C23H20F2N4O/c1-13(2)30-20-10-15(17-11-16(24)6-7-19(17)25)9-18-21(20)28-22(29-23(18)26-3)14-5-4-8-27-12-14/h4-13H,1-3H3,(H,26,28,29). The number of aromatic nitrogens is 3. The molecule has 5 nitrogen and oxygen atoms in total. The van der Waals surface area contributed by atoms with Crippen molar-refractivity contribution in [2.45, 2.75) is 20.0 Å². The second kappa shape index (κ2) is 8.02. The molecule has 0 aliphatic heterocycles. The summed E-state index contributed by atoms with van der Waals surface area (Å²) in [4.78, 5) is 13.4. The Morgan fingerprint density at radius 1 is 1.00 bits per heavy atom. The molecule has 0 saturated heterocycles. The molecule has 30 heavy (non-hydrogen) atoms. The lowest BCUT2D eigenvalue weighted by atomic mass is 10.0. The van der Waals surface area contributed by atoms with Gasteiger partial charge in [0.05, 0.1) is 6.10 Å². The van der Waals surface area contributed by atoms with Gasteiger partial charge in [0.25, 0.3) is 0 Å². The normalized spacial score (nSPS) is 11.1. The Balaban J connectivity index is 2.01. The second-order valence-electron chi connectivity index (χ2n) is 7.05. The van der Waals surface area contributed by atoms with Gasteiger partial charge in [0.15, 0.2) is 5.82 Å². The first kappa shape index (κ1) is 19.7. The molecule has 0 fully saturated rings. The van der Waals surface area contributed by atoms with Crippen LogP contribution in [0, 0.1) is 11.6 Å². The molecular weight excluding hydrogens is 386 g/mol. The van der Waals surface area contributed by atoms with E-state index in [1.165, 1.54) is 6.07 Å². The van der Waals surface area contributed by atoms with Gasteiger partial charge >= 0.3 is 0 Å². The van der Waals surface area contributed by atoms with E-state index in [0.29, 0.717) is 33.9 Å². The summed E-state index contributed by atoms with van der Waals surface area (Å²) in [7, 11) is 1.74. The topological polar surface area (TPSA) is 59.9 Å². The molecule has 2 aromatic heterocycles. The fourth-order valence-electron chi connectivity index (χ4n) is 3.23. The van der Waals surface area contributed by atoms with Crippen LogP contribution >= 0.6 is 0 Å². The minimum atomic E-state index is -0.523. The van der Waals surface area contributed by atoms with Crippen LogP contribution in [0.1, 0.15) is 13.8 Å². The third-order valence-electron chi connectivity index (χ3n) is 4.52. The molecule has 152 valence electrons. The summed E-state index contributed by atoms with van der Waals surface area (Å²) in [5.41, 5.74) is 1.95. The van der Waals surface area contributed by atoms with E-state index in [4.69, 9.17) is 9.72 Å². The van der Waals surface area contributed by atoms with Gasteiger partial charge in [0.2, 0.25) is 0 Å². The lowest BCUT2D eigenvalue weighted by molar-refractivity contribution is 0.245. The van der Waals surface area contributed by atoms with Gasteiger partial charge in [-0.3, -0.25) is 4.98 Å². The minimum absolute atomic E-state index is 0.142. The van der Waals surface area contributed by atoms with Gasteiger partial charge in [0.1, 0.15) is 28.7 Å². The number of rotatable bonds is 5. The van der Waals surface area contributed by atoms with Crippen molar-refractivity contribution in [2.75, 3.05) is 12.4 Å². The molecule has 2 heterocycles. The highest BCUT2D eigenvalue weighted by molar-refractivity contribution is 5.97. The van der Waals surface area contributed by atoms with E-state index in [9.17, 15) is 8.78 Å². The van der Waals surface area contributed by atoms with Crippen molar-refractivity contribution in [3.05, 3.63) is 66.5 Å². The molecule has 0 atom stereocenters. The number of nitrogens with one attached hydrogen (secondary N) is 1. The average molecular weight is 406 g/mol. The number of anilines is 1. The lowest BCUT2D eigenvalue weighted by Crippen LogP contribution is -2.08. The zero-order valence-corrected chi connectivity index (χ0v) is 16.8. The summed E-state index contributed by atoms with van der Waals surface area (Å²) in [5, 5.41) is 3.71. The van der Waals surface area contributed by atoms with Crippen molar-refractivity contribution >= 4 is 16.7 Å². The van der Waals surface area contributed by atoms with Crippen LogP contribution in [0.3, 0.4) is 0 Å². The van der Waals surface area contributed by atoms with E-state index in [0.717, 1.165) is 17.7 Å². The van der Waals surface area contributed by atoms with E-state index in [-0.39, 0.29) is 11.7 Å². The van der Waals surface area contributed by atoms with Crippen molar-refractivity contribution in [1.82, 2.24) is 15.0 Å². The van der Waals surface area contributed by atoms with Crippen molar-refractivity contribution in [1.29, 1.82) is 0 Å². The maximum absolute atomic E-state index is 14.5. The molecule has 0 spiro atoms. The van der Waals surface area contributed by atoms with Gasteiger partial charge in [0, 0.05) is 36.0 Å². The molecule has 7 heteroatoms. The molecular formula is C23H20F2N4O. The summed E-state index contributed by atoms with van der Waals surface area (Å²) < 4.78 is 34.3. The van der Waals surface area contributed by atoms with Gasteiger partial charge in [-0.2, -0.15) is 0 Å². The fourth-order valence-corrected chi connectivity index (χ4v) is 3.23. The zero-order valence-electron chi connectivity index (χ0n) is 16.8. The van der Waals surface area contributed by atoms with E-state index in [1.807, 2.05) is 26.0 Å². The van der Waals surface area contributed by atoms with Crippen molar-refractivity contribution in [3.63, 3.8) is 0 Å². The summed E-state index contributed by atoms with van der Waals surface area (Å²) in [6, 6.07) is 10.5. The van der Waals surface area contributed by atoms with Crippen LogP contribution in [-0.2, 0) is 0 Å². The van der Waals surface area contributed by atoms with Crippen molar-refractivity contribution in [2.24, 2.45) is 0 Å². The number of hydrogen-bond donors (Lipinski definition) is 1. The molecule has 0 radical (unpaired) electrons. The number of fused-ring (bicyclic) bond motifs is 1. The van der Waals surface area contributed by atoms with E-state index < -0.39 is 11.6 Å². The Kier molecular flexibility index (Phi) is 5.27. The van der Waals surface area contributed by atoms with E-state index in [2.05, 4.69) is 15.3 Å². The predicted molar refractivity (Wildman–Crippen MR) is 113 cm³/mol. The quantitative estimate of drug-likeness (QED) is 0.477. The molecule has 4 rings (SSSR count). The molecule has 0 unspecified atom stereocenters. The van der Waals surface area contributed by atoms with Crippen LogP contribution < -0.4 is 10.1 Å². The largest absolute Gasteiger partial charge is 0.489 e. The van der Waals surface area contributed by atoms with E-state index in [1.54, 1.807) is 31.6 Å². The van der Waals surface area contributed by atoms with Crippen LogP contribution in [0.15, 0.2) is 54.9 Å². The summed E-state index contributed by atoms with van der Waals surface area (Å²) in [6.45, 7) is 3.78. The number of nitrogens with zero attached hydrogens (tertiary/aromatic N) is 3. The smallest absolute Gasteiger partial charge is 0.163 e. The lowest BCUT2D eigenvalue weighted by Gasteiger charge is -2.17. The Morgan fingerprint density at radius 2 is 1.83 bits per heavy atom. The van der Waals surface area contributed by atoms with Gasteiger partial charge in [-0.05, 0) is 61.9 Å². The third kappa shape index (κ3) is 3.78. The van der Waals surface area contributed by atoms with Crippen molar-refractivity contribution < 1.29 is 13.5 Å². The monoisotopic (exact) mass is 406 g/mol. The van der Waals surface area contributed by atoms with Crippen LogP contribution in [0.2, 0.25) is 0 Å². The highest BCUT2D eigenvalue weighted by atomic mass is 19.1. The van der Waals surface area contributed by atoms with Crippen molar-refractivity contribution in [3.8, 4) is 28.3 Å². The molecule has 0 amide bonds. The average Bonchev–Trinajstić information content (AvgIpc) is 2.75. The predicted octanol–water partition coefficient (Wildman–Crippen LogP) is 5.47. The van der Waals surface area contributed by atoms with E-state index >= 15 is 0 Å². The zero-order chi connectivity index (χ0) is 21.3. The molecule has 4 aromatic rings. The maximum Gasteiger partial charge on any atom is 0.163 e. The van der Waals surface area contributed by atoms with Gasteiger partial charge in [-0.15, -0.1) is 0 Å². The first-order valence-electron chi connectivity index (χ1n) is 9.52. The molecule has 2 aromatic carbocycles. The third-order valence-corrected chi connectivity index (χ3v) is 4.52. The van der Waals surface area contributed by atoms with Gasteiger partial charge < -0.3 is 10.1 Å². The molecule has 0 aliphatic rings. The Labute approximate surface area is 172 Å². The summed E-state index contributed by atoms with van der Waals surface area (Å²) in [5.74, 6) is 0.453. The first-order chi connectivity index (χ1) is 14.5. The number of pyridine rings is 1. The number of halogens is 2. The minimum Gasteiger partial charge on any atom is -0.489 e. The van der Waals surface area contributed by atoms with Crippen LogP contribution in [0.25, 0.3) is 33.4 Å². The fraction of sp³-hybridized carbons (Fsp3) is 0.174. The number of ether oxygens (including phenoxy) is 1. The Bertz CT molecular complexity index is 1210. The number of benzene rings is 2.